The summed E-state index contributed by atoms with van der Waals surface area (Å²) in [6.07, 6.45) is 7.81. The van der Waals surface area contributed by atoms with Crippen LogP contribution in [0.3, 0.4) is 0 Å². The Labute approximate surface area is 82.2 Å². The van der Waals surface area contributed by atoms with E-state index in [2.05, 4.69) is 15.0 Å². The number of nitrogens with zero attached hydrogens (tertiary/aromatic N) is 2. The fraction of sp³-hybridized carbons (Fsp3) is 0.200. The first kappa shape index (κ1) is 8.90. The fourth-order valence-electron chi connectivity index (χ4n) is 1.35. The summed E-state index contributed by atoms with van der Waals surface area (Å²) in [7, 11) is 0. The minimum atomic E-state index is -0.0887. The highest BCUT2D eigenvalue weighted by atomic mass is 14.9. The third kappa shape index (κ3) is 1.97. The Balaban J connectivity index is 2.06. The maximum Gasteiger partial charge on any atom is 0.123 e. The summed E-state index contributed by atoms with van der Waals surface area (Å²) in [5, 5.41) is 0. The van der Waals surface area contributed by atoms with Gasteiger partial charge in [0, 0.05) is 24.8 Å². The van der Waals surface area contributed by atoms with Gasteiger partial charge in [0.2, 0.25) is 0 Å². The van der Waals surface area contributed by atoms with Crippen LogP contribution < -0.4 is 5.73 Å². The Kier molecular flexibility index (Phi) is 2.55. The smallest absolute Gasteiger partial charge is 0.123 e. The van der Waals surface area contributed by atoms with Gasteiger partial charge in [-0.15, -0.1) is 0 Å². The van der Waals surface area contributed by atoms with Crippen LogP contribution in [0.25, 0.3) is 0 Å². The molecule has 0 aliphatic heterocycles. The quantitative estimate of drug-likeness (QED) is 0.756. The van der Waals surface area contributed by atoms with Crippen molar-refractivity contribution in [1.29, 1.82) is 0 Å². The fourth-order valence-corrected chi connectivity index (χ4v) is 1.35. The van der Waals surface area contributed by atoms with Crippen LogP contribution in [0.15, 0.2) is 36.9 Å². The monoisotopic (exact) mass is 188 g/mol. The zero-order valence-corrected chi connectivity index (χ0v) is 7.72. The first-order valence-electron chi connectivity index (χ1n) is 4.50. The average Bonchev–Trinajstić information content (AvgIpc) is 2.72. The van der Waals surface area contributed by atoms with Gasteiger partial charge < -0.3 is 10.7 Å². The van der Waals surface area contributed by atoms with E-state index in [1.54, 1.807) is 18.6 Å². The molecule has 1 unspecified atom stereocenters. The molecule has 3 N–H and O–H groups in total. The number of aromatic amines is 1. The van der Waals surface area contributed by atoms with Gasteiger partial charge >= 0.3 is 0 Å². The van der Waals surface area contributed by atoms with Crippen LogP contribution in [0.5, 0.6) is 0 Å². The zero-order chi connectivity index (χ0) is 9.80. The highest BCUT2D eigenvalue weighted by molar-refractivity contribution is 5.12. The van der Waals surface area contributed by atoms with Crippen molar-refractivity contribution in [3.63, 3.8) is 0 Å². The van der Waals surface area contributed by atoms with Gasteiger partial charge in [-0.1, -0.05) is 6.07 Å². The molecule has 72 valence electrons. The van der Waals surface area contributed by atoms with Crippen molar-refractivity contribution in [2.75, 3.05) is 0 Å². The number of nitrogens with two attached hydrogens (primary N) is 1. The summed E-state index contributed by atoms with van der Waals surface area (Å²) >= 11 is 0. The molecule has 4 heteroatoms. The molecule has 0 aromatic carbocycles. The SMILES string of the molecule is NC(Cc1cccnc1)c1ncc[nH]1. The molecule has 2 heterocycles. The number of aromatic nitrogens is 3. The van der Waals surface area contributed by atoms with Gasteiger partial charge in [-0.05, 0) is 18.1 Å². The molecule has 0 bridgehead atoms. The van der Waals surface area contributed by atoms with Crippen molar-refractivity contribution in [3.05, 3.63) is 48.3 Å². The van der Waals surface area contributed by atoms with Gasteiger partial charge in [-0.3, -0.25) is 4.98 Å². The third-order valence-electron chi connectivity index (χ3n) is 2.05. The van der Waals surface area contributed by atoms with Crippen LogP contribution in [0.1, 0.15) is 17.4 Å². The lowest BCUT2D eigenvalue weighted by atomic mass is 10.1. The van der Waals surface area contributed by atoms with E-state index in [-0.39, 0.29) is 6.04 Å². The third-order valence-corrected chi connectivity index (χ3v) is 2.05. The Hall–Kier alpha value is -1.68. The topological polar surface area (TPSA) is 67.6 Å². The van der Waals surface area contributed by atoms with E-state index in [1.807, 2.05) is 18.3 Å². The first-order chi connectivity index (χ1) is 6.86. The Morgan fingerprint density at radius 2 is 2.36 bits per heavy atom. The second-order valence-corrected chi connectivity index (χ2v) is 3.15. The normalized spacial score (nSPS) is 12.6. The largest absolute Gasteiger partial charge is 0.347 e. The van der Waals surface area contributed by atoms with Crippen LogP contribution in [0, 0.1) is 0 Å². The molecule has 0 saturated heterocycles. The predicted molar refractivity (Wildman–Crippen MR) is 53.5 cm³/mol. The van der Waals surface area contributed by atoms with Crippen molar-refractivity contribution in [1.82, 2.24) is 15.0 Å². The van der Waals surface area contributed by atoms with Crippen LogP contribution >= 0.6 is 0 Å². The van der Waals surface area contributed by atoms with Crippen molar-refractivity contribution in [3.8, 4) is 0 Å². The number of nitrogens with one attached hydrogen (secondary N) is 1. The molecule has 0 amide bonds. The highest BCUT2D eigenvalue weighted by Crippen LogP contribution is 2.10. The maximum atomic E-state index is 5.95. The number of imidazole rings is 1. The van der Waals surface area contributed by atoms with Gasteiger partial charge in [-0.25, -0.2) is 4.98 Å². The second-order valence-electron chi connectivity index (χ2n) is 3.15. The molecular formula is C10H12N4. The van der Waals surface area contributed by atoms with E-state index in [9.17, 15) is 0 Å². The minimum absolute atomic E-state index is 0.0887. The molecule has 2 aromatic heterocycles. The minimum Gasteiger partial charge on any atom is -0.347 e. The first-order valence-corrected chi connectivity index (χ1v) is 4.50. The van der Waals surface area contributed by atoms with Gasteiger partial charge in [-0.2, -0.15) is 0 Å². The summed E-state index contributed by atoms with van der Waals surface area (Å²) in [4.78, 5) is 11.1. The van der Waals surface area contributed by atoms with E-state index < -0.39 is 0 Å². The number of pyridine rings is 1. The van der Waals surface area contributed by atoms with E-state index in [0.29, 0.717) is 0 Å². The predicted octanol–water partition coefficient (Wildman–Crippen LogP) is 1.05. The Morgan fingerprint density at radius 3 is 3.00 bits per heavy atom. The van der Waals surface area contributed by atoms with Crippen LogP contribution in [-0.4, -0.2) is 15.0 Å². The molecule has 2 rings (SSSR count). The molecule has 14 heavy (non-hydrogen) atoms. The summed E-state index contributed by atoms with van der Waals surface area (Å²) in [5.41, 5.74) is 7.07. The molecule has 0 aliphatic rings. The van der Waals surface area contributed by atoms with Crippen LogP contribution in [0.4, 0.5) is 0 Å². The molecule has 0 aliphatic carbocycles. The summed E-state index contributed by atoms with van der Waals surface area (Å²) in [6.45, 7) is 0. The number of hydrogen-bond donors (Lipinski definition) is 2. The molecule has 0 radical (unpaired) electrons. The molecular weight excluding hydrogens is 176 g/mol. The second kappa shape index (κ2) is 4.02. The summed E-state index contributed by atoms with van der Waals surface area (Å²) in [5.74, 6) is 0.814. The van der Waals surface area contributed by atoms with Crippen molar-refractivity contribution < 1.29 is 0 Å². The highest BCUT2D eigenvalue weighted by Gasteiger charge is 2.08. The Morgan fingerprint density at radius 1 is 1.43 bits per heavy atom. The van der Waals surface area contributed by atoms with Gasteiger partial charge in [0.25, 0.3) is 0 Å². The molecule has 1 atom stereocenters. The number of rotatable bonds is 3. The summed E-state index contributed by atoms with van der Waals surface area (Å²) < 4.78 is 0. The molecule has 4 nitrogen and oxygen atoms in total. The average molecular weight is 188 g/mol. The summed E-state index contributed by atoms with van der Waals surface area (Å²) in [6, 6.07) is 3.83. The molecule has 0 spiro atoms. The number of hydrogen-bond acceptors (Lipinski definition) is 3. The van der Waals surface area contributed by atoms with E-state index in [0.717, 1.165) is 17.8 Å². The molecule has 2 aromatic rings. The lowest BCUT2D eigenvalue weighted by Crippen LogP contribution is -2.14. The Bertz CT molecular complexity index is 368. The lowest BCUT2D eigenvalue weighted by Gasteiger charge is -2.07. The number of H-pyrrole nitrogens is 1. The van der Waals surface area contributed by atoms with E-state index >= 15 is 0 Å². The van der Waals surface area contributed by atoms with Crippen LogP contribution in [0.2, 0.25) is 0 Å². The van der Waals surface area contributed by atoms with Gasteiger partial charge in [0.1, 0.15) is 5.82 Å². The van der Waals surface area contributed by atoms with Crippen LogP contribution in [-0.2, 0) is 6.42 Å². The van der Waals surface area contributed by atoms with Crippen molar-refractivity contribution in [2.24, 2.45) is 5.73 Å². The lowest BCUT2D eigenvalue weighted by molar-refractivity contribution is 0.676. The molecule has 0 fully saturated rings. The molecule has 0 saturated carbocycles. The van der Waals surface area contributed by atoms with E-state index in [4.69, 9.17) is 5.73 Å². The van der Waals surface area contributed by atoms with E-state index in [1.165, 1.54) is 0 Å². The standard InChI is InChI=1S/C10H12N4/c11-9(10-13-4-5-14-10)6-8-2-1-3-12-7-8/h1-5,7,9H,6,11H2,(H,13,14). The van der Waals surface area contributed by atoms with Crippen molar-refractivity contribution in [2.45, 2.75) is 12.5 Å². The van der Waals surface area contributed by atoms with Gasteiger partial charge in [0.15, 0.2) is 0 Å². The van der Waals surface area contributed by atoms with Gasteiger partial charge in [0.05, 0.1) is 6.04 Å². The van der Waals surface area contributed by atoms with Crippen molar-refractivity contribution >= 4 is 0 Å². The maximum absolute atomic E-state index is 5.95. The zero-order valence-electron chi connectivity index (χ0n) is 7.72.